The van der Waals surface area contributed by atoms with Crippen molar-refractivity contribution in [1.29, 1.82) is 0 Å². The molecule has 1 saturated carbocycles. The van der Waals surface area contributed by atoms with Crippen LogP contribution < -0.4 is 11.3 Å². The van der Waals surface area contributed by atoms with Crippen LogP contribution in [-0.4, -0.2) is 6.04 Å². The second-order valence-electron chi connectivity index (χ2n) is 5.19. The quantitative estimate of drug-likeness (QED) is 0.448. The number of hydrogen-bond acceptors (Lipinski definition) is 2. The van der Waals surface area contributed by atoms with Gasteiger partial charge in [-0.3, -0.25) is 11.3 Å². The highest BCUT2D eigenvalue weighted by atomic mass is 15.2. The smallest absolute Gasteiger partial charge is 0.0247 e. The van der Waals surface area contributed by atoms with Crippen LogP contribution >= 0.6 is 0 Å². The molecular weight excluding hydrogens is 208 g/mol. The van der Waals surface area contributed by atoms with Gasteiger partial charge in [-0.2, -0.15) is 0 Å². The van der Waals surface area contributed by atoms with Gasteiger partial charge in [-0.15, -0.1) is 6.58 Å². The Labute approximate surface area is 104 Å². The summed E-state index contributed by atoms with van der Waals surface area (Å²) in [6.45, 7) is 6.03. The standard InChI is InChI=1S/C15H22N2/c1-11(2)8-9-15(17-16)14-10-13(14)12-6-4-3-5-7-12/h3-7,13-15,17H,1,8-10,16H2,2H3. The van der Waals surface area contributed by atoms with Gasteiger partial charge in [-0.05, 0) is 43.6 Å². The highest BCUT2D eigenvalue weighted by Gasteiger charge is 2.42. The second-order valence-corrected chi connectivity index (χ2v) is 5.19. The first-order chi connectivity index (χ1) is 8.22. The van der Waals surface area contributed by atoms with E-state index in [0.29, 0.717) is 17.9 Å². The van der Waals surface area contributed by atoms with Crippen LogP contribution in [0.4, 0.5) is 0 Å². The molecular formula is C15H22N2. The second kappa shape index (κ2) is 5.48. The van der Waals surface area contributed by atoms with Crippen molar-refractivity contribution in [2.75, 3.05) is 0 Å². The van der Waals surface area contributed by atoms with Gasteiger partial charge >= 0.3 is 0 Å². The van der Waals surface area contributed by atoms with E-state index in [2.05, 4.69) is 49.3 Å². The highest BCUT2D eigenvalue weighted by Crippen LogP contribution is 2.50. The molecule has 3 unspecified atom stereocenters. The molecule has 3 N–H and O–H groups in total. The summed E-state index contributed by atoms with van der Waals surface area (Å²) in [7, 11) is 0. The summed E-state index contributed by atoms with van der Waals surface area (Å²) in [5.74, 6) is 7.05. The molecule has 1 aliphatic rings. The van der Waals surface area contributed by atoms with Crippen LogP contribution in [0.3, 0.4) is 0 Å². The van der Waals surface area contributed by atoms with Crippen molar-refractivity contribution >= 4 is 0 Å². The van der Waals surface area contributed by atoms with Crippen molar-refractivity contribution in [2.24, 2.45) is 11.8 Å². The first-order valence-electron chi connectivity index (χ1n) is 6.38. The molecule has 2 nitrogen and oxygen atoms in total. The van der Waals surface area contributed by atoms with E-state index in [1.807, 2.05) is 0 Å². The Morgan fingerprint density at radius 2 is 2.18 bits per heavy atom. The molecule has 3 atom stereocenters. The lowest BCUT2D eigenvalue weighted by Crippen LogP contribution is -2.37. The Bertz CT molecular complexity index is 372. The minimum atomic E-state index is 0.428. The molecule has 1 aromatic carbocycles. The number of nitrogens with one attached hydrogen (secondary N) is 1. The lowest BCUT2D eigenvalue weighted by molar-refractivity contribution is 0.438. The van der Waals surface area contributed by atoms with E-state index in [9.17, 15) is 0 Å². The van der Waals surface area contributed by atoms with Crippen LogP contribution in [0.15, 0.2) is 42.5 Å². The van der Waals surface area contributed by atoms with Gasteiger partial charge < -0.3 is 0 Å². The molecule has 0 amide bonds. The zero-order valence-electron chi connectivity index (χ0n) is 10.5. The zero-order valence-corrected chi connectivity index (χ0v) is 10.5. The van der Waals surface area contributed by atoms with E-state index in [4.69, 9.17) is 5.84 Å². The summed E-state index contributed by atoms with van der Waals surface area (Å²) in [6.07, 6.45) is 3.42. The largest absolute Gasteiger partial charge is 0.271 e. The fourth-order valence-corrected chi connectivity index (χ4v) is 2.57. The van der Waals surface area contributed by atoms with E-state index in [0.717, 1.165) is 12.8 Å². The summed E-state index contributed by atoms with van der Waals surface area (Å²) in [5, 5.41) is 0. The lowest BCUT2D eigenvalue weighted by atomic mass is 10.0. The molecule has 0 aliphatic heterocycles. The number of allylic oxidation sites excluding steroid dienone is 1. The zero-order chi connectivity index (χ0) is 12.3. The molecule has 0 radical (unpaired) electrons. The van der Waals surface area contributed by atoms with Crippen molar-refractivity contribution in [3.05, 3.63) is 48.0 Å². The Balaban J connectivity index is 1.90. The van der Waals surface area contributed by atoms with Gasteiger partial charge in [0.15, 0.2) is 0 Å². The Morgan fingerprint density at radius 1 is 1.47 bits per heavy atom. The van der Waals surface area contributed by atoms with Crippen LogP contribution in [0.1, 0.15) is 37.7 Å². The van der Waals surface area contributed by atoms with E-state index >= 15 is 0 Å². The average Bonchev–Trinajstić information content (AvgIpc) is 3.11. The van der Waals surface area contributed by atoms with Gasteiger partial charge in [-0.25, -0.2) is 0 Å². The van der Waals surface area contributed by atoms with Crippen LogP contribution in [0.2, 0.25) is 0 Å². The number of rotatable bonds is 6. The van der Waals surface area contributed by atoms with Crippen LogP contribution in [0.25, 0.3) is 0 Å². The van der Waals surface area contributed by atoms with Crippen LogP contribution in [-0.2, 0) is 0 Å². The maximum Gasteiger partial charge on any atom is 0.0247 e. The summed E-state index contributed by atoms with van der Waals surface area (Å²) >= 11 is 0. The van der Waals surface area contributed by atoms with Gasteiger partial charge in [-0.1, -0.05) is 35.9 Å². The van der Waals surface area contributed by atoms with Crippen LogP contribution in [0, 0.1) is 5.92 Å². The van der Waals surface area contributed by atoms with Crippen molar-refractivity contribution < 1.29 is 0 Å². The minimum absolute atomic E-state index is 0.428. The van der Waals surface area contributed by atoms with Gasteiger partial charge in [0.1, 0.15) is 0 Å². The molecule has 1 aliphatic carbocycles. The molecule has 2 heteroatoms. The molecule has 0 bridgehead atoms. The summed E-state index contributed by atoms with van der Waals surface area (Å²) in [4.78, 5) is 0. The molecule has 1 fully saturated rings. The Hall–Kier alpha value is -1.12. The van der Waals surface area contributed by atoms with Gasteiger partial charge in [0, 0.05) is 6.04 Å². The van der Waals surface area contributed by atoms with Gasteiger partial charge in [0.05, 0.1) is 0 Å². The van der Waals surface area contributed by atoms with Crippen molar-refractivity contribution in [2.45, 2.75) is 38.1 Å². The third kappa shape index (κ3) is 3.18. The van der Waals surface area contributed by atoms with Crippen molar-refractivity contribution in [3.63, 3.8) is 0 Å². The summed E-state index contributed by atoms with van der Waals surface area (Å²) in [5.41, 5.74) is 5.67. The summed E-state index contributed by atoms with van der Waals surface area (Å²) < 4.78 is 0. The number of benzene rings is 1. The Kier molecular flexibility index (Phi) is 3.97. The summed E-state index contributed by atoms with van der Waals surface area (Å²) in [6, 6.07) is 11.2. The molecule has 0 spiro atoms. The van der Waals surface area contributed by atoms with Crippen molar-refractivity contribution in [3.8, 4) is 0 Å². The van der Waals surface area contributed by atoms with E-state index < -0.39 is 0 Å². The first-order valence-corrected chi connectivity index (χ1v) is 6.38. The average molecular weight is 230 g/mol. The number of nitrogens with two attached hydrogens (primary N) is 1. The SMILES string of the molecule is C=C(C)CCC(NN)C1CC1c1ccccc1. The van der Waals surface area contributed by atoms with Gasteiger partial charge in [0.2, 0.25) is 0 Å². The molecule has 92 valence electrons. The maximum absolute atomic E-state index is 5.66. The first kappa shape index (κ1) is 12.3. The molecule has 0 heterocycles. The molecule has 2 rings (SSSR count). The fourth-order valence-electron chi connectivity index (χ4n) is 2.57. The lowest BCUT2D eigenvalue weighted by Gasteiger charge is -2.15. The predicted molar refractivity (Wildman–Crippen MR) is 72.4 cm³/mol. The molecule has 17 heavy (non-hydrogen) atoms. The monoisotopic (exact) mass is 230 g/mol. The number of hydrogen-bond donors (Lipinski definition) is 2. The topological polar surface area (TPSA) is 38.0 Å². The number of hydrazine groups is 1. The van der Waals surface area contributed by atoms with Crippen LogP contribution in [0.5, 0.6) is 0 Å². The third-order valence-corrected chi connectivity index (χ3v) is 3.68. The highest BCUT2D eigenvalue weighted by molar-refractivity contribution is 5.26. The normalized spacial score (nSPS) is 24.4. The maximum atomic E-state index is 5.66. The van der Waals surface area contributed by atoms with Crippen molar-refractivity contribution in [1.82, 2.24) is 5.43 Å². The molecule has 0 saturated heterocycles. The molecule has 0 aromatic heterocycles. The minimum Gasteiger partial charge on any atom is -0.271 e. The Morgan fingerprint density at radius 3 is 2.76 bits per heavy atom. The van der Waals surface area contributed by atoms with E-state index in [1.54, 1.807) is 0 Å². The third-order valence-electron chi connectivity index (χ3n) is 3.68. The fraction of sp³-hybridized carbons (Fsp3) is 0.467. The molecule has 1 aromatic rings. The predicted octanol–water partition coefficient (Wildman–Crippen LogP) is 2.98. The van der Waals surface area contributed by atoms with E-state index in [1.165, 1.54) is 17.6 Å². The van der Waals surface area contributed by atoms with Gasteiger partial charge in [0.25, 0.3) is 0 Å². The van der Waals surface area contributed by atoms with E-state index in [-0.39, 0.29) is 0 Å².